The third-order valence-electron chi connectivity index (χ3n) is 1.04. The normalized spacial score (nSPS) is 8.50. The third kappa shape index (κ3) is 11.3. The zero-order valence-corrected chi connectivity index (χ0v) is 8.30. The van der Waals surface area contributed by atoms with Gasteiger partial charge in [0.25, 0.3) is 0 Å². The first kappa shape index (κ1) is 13.1. The fraction of sp³-hybridized carbons (Fsp3) is 0.833. The van der Waals surface area contributed by atoms with Crippen LogP contribution in [0.25, 0.3) is 0 Å². The molecule has 0 aliphatic rings. The van der Waals surface area contributed by atoms with Gasteiger partial charge in [-0.1, -0.05) is 6.42 Å². The zero-order valence-electron chi connectivity index (χ0n) is 6.30. The minimum absolute atomic E-state index is 0. The Kier molecular flexibility index (Phi) is 12.3. The Bertz CT molecular complexity index is 85.1. The Labute approximate surface area is 82.7 Å². The minimum Gasteiger partial charge on any atom is -0.550 e. The minimum atomic E-state index is -1.01. The van der Waals surface area contributed by atoms with Crippen molar-refractivity contribution in [3.8, 4) is 0 Å². The molecule has 0 heterocycles. The SMILES string of the molecule is O=C([O-])CCCCCO.[Na+]. The van der Waals surface area contributed by atoms with Crippen LogP contribution in [0.3, 0.4) is 0 Å². The van der Waals surface area contributed by atoms with Gasteiger partial charge >= 0.3 is 29.6 Å². The largest absolute Gasteiger partial charge is 1.00 e. The van der Waals surface area contributed by atoms with Crippen LogP contribution in [0.2, 0.25) is 0 Å². The summed E-state index contributed by atoms with van der Waals surface area (Å²) in [6, 6.07) is 0. The molecule has 0 unspecified atom stereocenters. The molecule has 54 valence electrons. The number of aliphatic carboxylic acids is 1. The molecule has 0 aromatic heterocycles. The average Bonchev–Trinajstić information content (AvgIpc) is 1.80. The molecule has 0 aromatic rings. The van der Waals surface area contributed by atoms with Crippen molar-refractivity contribution in [2.75, 3.05) is 6.61 Å². The number of carbonyl (C=O) groups excluding carboxylic acids is 1. The quantitative estimate of drug-likeness (QED) is 0.327. The second kappa shape index (κ2) is 9.43. The predicted octanol–water partition coefficient (Wildman–Crippen LogP) is -3.71. The number of hydrogen-bond acceptors (Lipinski definition) is 3. The first-order chi connectivity index (χ1) is 4.27. The summed E-state index contributed by atoms with van der Waals surface area (Å²) in [5.74, 6) is -1.01. The molecule has 0 rings (SSSR count). The van der Waals surface area contributed by atoms with Crippen molar-refractivity contribution in [3.05, 3.63) is 0 Å². The van der Waals surface area contributed by atoms with Crippen LogP contribution < -0.4 is 34.7 Å². The maximum absolute atomic E-state index is 9.79. The Hall–Kier alpha value is 0.430. The van der Waals surface area contributed by atoms with Gasteiger partial charge in [0.15, 0.2) is 0 Å². The molecule has 1 N–H and O–H groups in total. The Morgan fingerprint density at radius 1 is 1.30 bits per heavy atom. The molecule has 0 spiro atoms. The third-order valence-corrected chi connectivity index (χ3v) is 1.04. The van der Waals surface area contributed by atoms with Gasteiger partial charge in [0.2, 0.25) is 0 Å². The van der Waals surface area contributed by atoms with Crippen LogP contribution in [0.4, 0.5) is 0 Å². The molecule has 0 aliphatic heterocycles. The monoisotopic (exact) mass is 154 g/mol. The van der Waals surface area contributed by atoms with E-state index in [4.69, 9.17) is 5.11 Å². The Morgan fingerprint density at radius 2 is 1.90 bits per heavy atom. The molecular weight excluding hydrogens is 143 g/mol. The fourth-order valence-electron chi connectivity index (χ4n) is 0.558. The molecule has 0 fully saturated rings. The van der Waals surface area contributed by atoms with Crippen LogP contribution in [-0.2, 0) is 4.79 Å². The van der Waals surface area contributed by atoms with Crippen LogP contribution in [0.5, 0.6) is 0 Å². The number of rotatable bonds is 5. The molecule has 0 saturated heterocycles. The summed E-state index contributed by atoms with van der Waals surface area (Å²) in [7, 11) is 0. The van der Waals surface area contributed by atoms with Gasteiger partial charge in [-0.05, 0) is 19.3 Å². The topological polar surface area (TPSA) is 60.4 Å². The summed E-state index contributed by atoms with van der Waals surface area (Å²) in [5.41, 5.74) is 0. The van der Waals surface area contributed by atoms with Gasteiger partial charge in [-0.3, -0.25) is 0 Å². The summed E-state index contributed by atoms with van der Waals surface area (Å²) in [6.07, 6.45) is 2.18. The second-order valence-corrected chi connectivity index (χ2v) is 1.91. The molecule has 0 saturated carbocycles. The van der Waals surface area contributed by atoms with Crippen molar-refractivity contribution in [2.45, 2.75) is 25.7 Å². The molecular formula is C6H11NaO3. The Morgan fingerprint density at radius 3 is 2.30 bits per heavy atom. The van der Waals surface area contributed by atoms with E-state index in [0.29, 0.717) is 12.8 Å². The number of carboxylic acids is 1. The zero-order chi connectivity index (χ0) is 7.11. The van der Waals surface area contributed by atoms with Gasteiger partial charge in [-0.25, -0.2) is 0 Å². The van der Waals surface area contributed by atoms with Gasteiger partial charge in [0.05, 0.1) is 0 Å². The molecule has 0 amide bonds. The maximum Gasteiger partial charge on any atom is 1.00 e. The van der Waals surface area contributed by atoms with E-state index < -0.39 is 5.97 Å². The van der Waals surface area contributed by atoms with Crippen LogP contribution in [0.1, 0.15) is 25.7 Å². The van der Waals surface area contributed by atoms with Gasteiger partial charge in [-0.15, -0.1) is 0 Å². The number of carbonyl (C=O) groups is 1. The number of carboxylic acid groups (broad SMARTS) is 1. The van der Waals surface area contributed by atoms with E-state index in [-0.39, 0.29) is 42.6 Å². The van der Waals surface area contributed by atoms with Crippen LogP contribution >= 0.6 is 0 Å². The van der Waals surface area contributed by atoms with E-state index in [0.717, 1.165) is 6.42 Å². The Balaban J connectivity index is 0. The van der Waals surface area contributed by atoms with Crippen molar-refractivity contribution in [2.24, 2.45) is 0 Å². The average molecular weight is 154 g/mol. The van der Waals surface area contributed by atoms with Gasteiger partial charge in [0.1, 0.15) is 0 Å². The van der Waals surface area contributed by atoms with Crippen molar-refractivity contribution >= 4 is 5.97 Å². The molecule has 0 atom stereocenters. The molecule has 0 bridgehead atoms. The molecule has 0 aromatic carbocycles. The number of aliphatic hydroxyl groups is 1. The standard InChI is InChI=1S/C6H12O3.Na/c7-5-3-1-2-4-6(8)9;/h7H,1-5H2,(H,8,9);/q;+1/p-1. The summed E-state index contributed by atoms with van der Waals surface area (Å²) in [5, 5.41) is 18.1. The van der Waals surface area contributed by atoms with E-state index in [1.807, 2.05) is 0 Å². The summed E-state index contributed by atoms with van der Waals surface area (Å²) in [6.45, 7) is 0.146. The number of unbranched alkanes of at least 4 members (excludes halogenated alkanes) is 2. The van der Waals surface area contributed by atoms with Crippen molar-refractivity contribution in [1.29, 1.82) is 0 Å². The van der Waals surface area contributed by atoms with Crippen molar-refractivity contribution in [1.82, 2.24) is 0 Å². The molecule has 4 heteroatoms. The van der Waals surface area contributed by atoms with E-state index in [1.165, 1.54) is 0 Å². The van der Waals surface area contributed by atoms with E-state index in [1.54, 1.807) is 0 Å². The first-order valence-electron chi connectivity index (χ1n) is 3.08. The summed E-state index contributed by atoms with van der Waals surface area (Å²) < 4.78 is 0. The number of aliphatic hydroxyl groups excluding tert-OH is 1. The second-order valence-electron chi connectivity index (χ2n) is 1.91. The van der Waals surface area contributed by atoms with Gasteiger partial charge < -0.3 is 15.0 Å². The van der Waals surface area contributed by atoms with Gasteiger partial charge in [0, 0.05) is 12.6 Å². The summed E-state index contributed by atoms with van der Waals surface area (Å²) >= 11 is 0. The van der Waals surface area contributed by atoms with Crippen molar-refractivity contribution in [3.63, 3.8) is 0 Å². The predicted molar refractivity (Wildman–Crippen MR) is 30.6 cm³/mol. The van der Waals surface area contributed by atoms with Crippen LogP contribution in [0, 0.1) is 0 Å². The molecule has 0 aliphatic carbocycles. The van der Waals surface area contributed by atoms with Crippen molar-refractivity contribution < 1.29 is 44.6 Å². The van der Waals surface area contributed by atoms with E-state index in [9.17, 15) is 9.90 Å². The molecule has 10 heavy (non-hydrogen) atoms. The molecule has 3 nitrogen and oxygen atoms in total. The summed E-state index contributed by atoms with van der Waals surface area (Å²) in [4.78, 5) is 9.79. The van der Waals surface area contributed by atoms with Gasteiger partial charge in [-0.2, -0.15) is 0 Å². The van der Waals surface area contributed by atoms with E-state index >= 15 is 0 Å². The van der Waals surface area contributed by atoms with Crippen LogP contribution in [0.15, 0.2) is 0 Å². The first-order valence-corrected chi connectivity index (χ1v) is 3.08. The fourth-order valence-corrected chi connectivity index (χ4v) is 0.558. The maximum atomic E-state index is 9.79. The number of hydrogen-bond donors (Lipinski definition) is 1. The molecule has 0 radical (unpaired) electrons. The smallest absolute Gasteiger partial charge is 0.550 e. The van der Waals surface area contributed by atoms with Crippen LogP contribution in [-0.4, -0.2) is 17.7 Å². The van der Waals surface area contributed by atoms with E-state index in [2.05, 4.69) is 0 Å².